The Morgan fingerprint density at radius 2 is 2.19 bits per heavy atom. The van der Waals surface area contributed by atoms with Crippen molar-refractivity contribution in [2.24, 2.45) is 11.7 Å². The molecule has 3 nitrogen and oxygen atoms in total. The number of hydrogen-bond acceptors (Lipinski definition) is 3. The molecule has 1 fully saturated rings. The summed E-state index contributed by atoms with van der Waals surface area (Å²) in [5.41, 5.74) is 6.88. The number of nitrogens with one attached hydrogen (secondary N) is 1. The van der Waals surface area contributed by atoms with Gasteiger partial charge in [-0.05, 0) is 37.3 Å². The van der Waals surface area contributed by atoms with Crippen molar-refractivity contribution in [2.75, 3.05) is 19.0 Å². The van der Waals surface area contributed by atoms with Crippen LogP contribution in [0.15, 0.2) is 18.2 Å². The molecule has 1 aliphatic rings. The lowest BCUT2D eigenvalue weighted by Gasteiger charge is -2.34. The van der Waals surface area contributed by atoms with Crippen molar-refractivity contribution in [1.82, 2.24) is 0 Å². The molecular weight excluding hydrogens is 267 g/mol. The van der Waals surface area contributed by atoms with Crippen LogP contribution < -0.4 is 15.8 Å². The second-order valence-electron chi connectivity index (χ2n) is 6.16. The third-order valence-corrected chi connectivity index (χ3v) is 4.83. The molecule has 0 heterocycles. The van der Waals surface area contributed by atoms with Gasteiger partial charge in [0.05, 0.1) is 7.11 Å². The van der Waals surface area contributed by atoms with Gasteiger partial charge in [-0.25, -0.2) is 4.39 Å². The Kier molecular flexibility index (Phi) is 5.45. The molecule has 0 spiro atoms. The molecule has 0 amide bonds. The standard InChI is InChI=1S/C17H27FN2O/c1-3-13-5-4-9-17(12-19,10-8-13)20-14-6-7-15(18)16(11-14)21-2/h6-7,11,13,20H,3-5,8-10,12,19H2,1-2H3. The van der Waals surface area contributed by atoms with Crippen LogP contribution in [0, 0.1) is 11.7 Å². The highest BCUT2D eigenvalue weighted by Crippen LogP contribution is 2.34. The van der Waals surface area contributed by atoms with Crippen molar-refractivity contribution in [1.29, 1.82) is 0 Å². The van der Waals surface area contributed by atoms with Crippen molar-refractivity contribution < 1.29 is 9.13 Å². The molecule has 1 aromatic rings. The predicted octanol–water partition coefficient (Wildman–Crippen LogP) is 3.93. The summed E-state index contributed by atoms with van der Waals surface area (Å²) in [7, 11) is 1.48. The number of methoxy groups -OCH3 is 1. The maximum absolute atomic E-state index is 13.5. The summed E-state index contributed by atoms with van der Waals surface area (Å²) in [6, 6.07) is 4.92. The molecule has 118 valence electrons. The first-order chi connectivity index (χ1) is 10.1. The van der Waals surface area contributed by atoms with Gasteiger partial charge in [0.1, 0.15) is 0 Å². The normalized spacial score (nSPS) is 26.2. The fourth-order valence-corrected chi connectivity index (χ4v) is 3.31. The van der Waals surface area contributed by atoms with Crippen LogP contribution in [0.1, 0.15) is 45.4 Å². The minimum atomic E-state index is -0.336. The van der Waals surface area contributed by atoms with Crippen LogP contribution in [0.5, 0.6) is 5.75 Å². The Labute approximate surface area is 127 Å². The van der Waals surface area contributed by atoms with Gasteiger partial charge in [-0.3, -0.25) is 0 Å². The van der Waals surface area contributed by atoms with Crippen molar-refractivity contribution in [3.8, 4) is 5.75 Å². The third-order valence-electron chi connectivity index (χ3n) is 4.83. The molecule has 2 rings (SSSR count). The molecule has 0 bridgehead atoms. The van der Waals surface area contributed by atoms with Crippen molar-refractivity contribution in [3.05, 3.63) is 24.0 Å². The maximum atomic E-state index is 13.5. The molecule has 1 saturated carbocycles. The molecule has 0 radical (unpaired) electrons. The fraction of sp³-hybridized carbons (Fsp3) is 0.647. The van der Waals surface area contributed by atoms with Gasteiger partial charge in [-0.1, -0.05) is 26.2 Å². The topological polar surface area (TPSA) is 47.3 Å². The number of halogens is 1. The zero-order valence-electron chi connectivity index (χ0n) is 13.1. The summed E-state index contributed by atoms with van der Waals surface area (Å²) in [5, 5.41) is 3.56. The molecule has 1 aromatic carbocycles. The number of benzene rings is 1. The first-order valence-corrected chi connectivity index (χ1v) is 7.94. The fourth-order valence-electron chi connectivity index (χ4n) is 3.31. The number of hydrogen-bond donors (Lipinski definition) is 2. The Bertz CT molecular complexity index is 466. The van der Waals surface area contributed by atoms with E-state index in [1.807, 2.05) is 0 Å². The molecule has 3 N–H and O–H groups in total. The van der Waals surface area contributed by atoms with Crippen LogP contribution in [-0.2, 0) is 0 Å². The number of rotatable bonds is 5. The highest BCUT2D eigenvalue weighted by Gasteiger charge is 2.31. The Balaban J connectivity index is 2.14. The van der Waals surface area contributed by atoms with Crippen LogP contribution in [0.4, 0.5) is 10.1 Å². The molecule has 2 atom stereocenters. The Morgan fingerprint density at radius 1 is 1.38 bits per heavy atom. The minimum Gasteiger partial charge on any atom is -0.494 e. The Hall–Kier alpha value is -1.29. The zero-order chi connectivity index (χ0) is 15.3. The molecule has 0 saturated heterocycles. The summed E-state index contributed by atoms with van der Waals surface area (Å²) >= 11 is 0. The molecule has 21 heavy (non-hydrogen) atoms. The molecule has 2 unspecified atom stereocenters. The maximum Gasteiger partial charge on any atom is 0.165 e. The molecule has 0 aromatic heterocycles. The second kappa shape index (κ2) is 7.12. The quantitative estimate of drug-likeness (QED) is 0.809. The summed E-state index contributed by atoms with van der Waals surface area (Å²) < 4.78 is 18.6. The summed E-state index contributed by atoms with van der Waals surface area (Å²) in [4.78, 5) is 0. The van der Waals surface area contributed by atoms with E-state index in [0.717, 1.165) is 24.4 Å². The van der Waals surface area contributed by atoms with Gasteiger partial charge in [0.25, 0.3) is 0 Å². The monoisotopic (exact) mass is 294 g/mol. The van der Waals surface area contributed by atoms with Crippen LogP contribution in [0.25, 0.3) is 0 Å². The van der Waals surface area contributed by atoms with Crippen LogP contribution >= 0.6 is 0 Å². The number of nitrogens with two attached hydrogens (primary N) is 1. The lowest BCUT2D eigenvalue weighted by Crippen LogP contribution is -2.45. The van der Waals surface area contributed by atoms with Crippen molar-refractivity contribution in [2.45, 2.75) is 51.0 Å². The van der Waals surface area contributed by atoms with Crippen LogP contribution in [-0.4, -0.2) is 19.2 Å². The lowest BCUT2D eigenvalue weighted by atomic mass is 9.89. The third kappa shape index (κ3) is 3.88. The predicted molar refractivity (Wildman–Crippen MR) is 85.2 cm³/mol. The minimum absolute atomic E-state index is 0.0766. The van der Waals surface area contributed by atoms with Gasteiger partial charge in [-0.2, -0.15) is 0 Å². The van der Waals surface area contributed by atoms with Crippen molar-refractivity contribution >= 4 is 5.69 Å². The van der Waals surface area contributed by atoms with Crippen LogP contribution in [0.3, 0.4) is 0 Å². The van der Waals surface area contributed by atoms with E-state index in [1.165, 1.54) is 38.9 Å². The average Bonchev–Trinajstić information content (AvgIpc) is 2.72. The summed E-state index contributed by atoms with van der Waals surface area (Å²) in [6.07, 6.45) is 7.07. The zero-order valence-corrected chi connectivity index (χ0v) is 13.1. The van der Waals surface area contributed by atoms with E-state index in [1.54, 1.807) is 12.1 Å². The van der Waals surface area contributed by atoms with Crippen LogP contribution in [0.2, 0.25) is 0 Å². The summed E-state index contributed by atoms with van der Waals surface area (Å²) in [5.74, 6) is 0.743. The van der Waals surface area contributed by atoms with Gasteiger partial charge >= 0.3 is 0 Å². The lowest BCUT2D eigenvalue weighted by molar-refractivity contribution is 0.384. The average molecular weight is 294 g/mol. The molecule has 1 aliphatic carbocycles. The Morgan fingerprint density at radius 3 is 2.86 bits per heavy atom. The van der Waals surface area contributed by atoms with E-state index in [-0.39, 0.29) is 17.1 Å². The smallest absolute Gasteiger partial charge is 0.165 e. The van der Waals surface area contributed by atoms with Gasteiger partial charge in [0.2, 0.25) is 0 Å². The molecule has 0 aliphatic heterocycles. The van der Waals surface area contributed by atoms with E-state index in [2.05, 4.69) is 12.2 Å². The first kappa shape index (κ1) is 16.1. The summed E-state index contributed by atoms with van der Waals surface area (Å²) in [6.45, 7) is 2.86. The SMILES string of the molecule is CCC1CCCC(CN)(Nc2ccc(F)c(OC)c2)CC1. The van der Waals surface area contributed by atoms with Gasteiger partial charge in [0.15, 0.2) is 11.6 Å². The highest BCUT2D eigenvalue weighted by atomic mass is 19.1. The van der Waals surface area contributed by atoms with E-state index < -0.39 is 0 Å². The largest absolute Gasteiger partial charge is 0.494 e. The van der Waals surface area contributed by atoms with E-state index in [0.29, 0.717) is 6.54 Å². The van der Waals surface area contributed by atoms with E-state index in [9.17, 15) is 4.39 Å². The molecular formula is C17H27FN2O. The van der Waals surface area contributed by atoms with Crippen molar-refractivity contribution in [3.63, 3.8) is 0 Å². The number of ether oxygens (including phenoxy) is 1. The van der Waals surface area contributed by atoms with Gasteiger partial charge in [0, 0.05) is 23.8 Å². The highest BCUT2D eigenvalue weighted by molar-refractivity contribution is 5.51. The first-order valence-electron chi connectivity index (χ1n) is 7.94. The van der Waals surface area contributed by atoms with E-state index in [4.69, 9.17) is 10.5 Å². The van der Waals surface area contributed by atoms with Gasteiger partial charge in [-0.15, -0.1) is 0 Å². The number of anilines is 1. The van der Waals surface area contributed by atoms with E-state index >= 15 is 0 Å². The molecule has 4 heteroatoms. The second-order valence-corrected chi connectivity index (χ2v) is 6.16. The van der Waals surface area contributed by atoms with Gasteiger partial charge < -0.3 is 15.8 Å².